The molecule has 2 aromatic carbocycles. The molecule has 0 aliphatic carbocycles. The summed E-state index contributed by atoms with van der Waals surface area (Å²) in [6.07, 6.45) is 6.19. The van der Waals surface area contributed by atoms with Gasteiger partial charge in [0.2, 0.25) is 0 Å². The number of rotatable bonds is 10. The summed E-state index contributed by atoms with van der Waals surface area (Å²) in [6.45, 7) is 5.15. The molecule has 0 saturated carbocycles. The monoisotopic (exact) mass is 811 g/mol. The van der Waals surface area contributed by atoms with E-state index in [-0.39, 0.29) is 45.4 Å². The summed E-state index contributed by atoms with van der Waals surface area (Å²) in [4.78, 5) is 56.1. The van der Waals surface area contributed by atoms with Gasteiger partial charge in [-0.05, 0) is 78.6 Å². The highest BCUT2D eigenvalue weighted by atomic mass is 35.5. The van der Waals surface area contributed by atoms with Gasteiger partial charge in [0.15, 0.2) is 11.5 Å². The van der Waals surface area contributed by atoms with Crippen LogP contribution in [0.3, 0.4) is 0 Å². The first-order valence-corrected chi connectivity index (χ1v) is 17.5. The average molecular weight is 813 g/mol. The van der Waals surface area contributed by atoms with Crippen molar-refractivity contribution in [2.24, 2.45) is 11.5 Å². The first kappa shape index (κ1) is 43.3. The fourth-order valence-electron chi connectivity index (χ4n) is 6.01. The van der Waals surface area contributed by atoms with Gasteiger partial charge >= 0.3 is 5.97 Å². The number of hydrogen-bond acceptors (Lipinski definition) is 10. The number of aryl methyl sites for hydroxylation is 2. The van der Waals surface area contributed by atoms with Crippen molar-refractivity contribution in [1.82, 2.24) is 39.4 Å². The topological polar surface area (TPSA) is 236 Å². The van der Waals surface area contributed by atoms with Crippen molar-refractivity contribution in [2.75, 3.05) is 5.73 Å². The predicted molar refractivity (Wildman–Crippen MR) is 222 cm³/mol. The summed E-state index contributed by atoms with van der Waals surface area (Å²) < 4.78 is 3.29. The predicted octanol–water partition coefficient (Wildman–Crippen LogP) is 6.32. The number of pyridine rings is 3. The Hall–Kier alpha value is -6.42. The van der Waals surface area contributed by atoms with Gasteiger partial charge < -0.3 is 36.8 Å². The van der Waals surface area contributed by atoms with Crippen LogP contribution in [-0.4, -0.2) is 56.9 Å². The Bertz CT molecular complexity index is 2580. The number of aromatic carboxylic acids is 1. The summed E-state index contributed by atoms with van der Waals surface area (Å²) in [7, 11) is 0. The van der Waals surface area contributed by atoms with E-state index in [0.29, 0.717) is 40.5 Å². The largest absolute Gasteiger partial charge is 0.476 e. The zero-order chi connectivity index (χ0) is 39.4. The number of benzene rings is 2. The molecule has 7 rings (SSSR count). The maximum atomic E-state index is 12.8. The Kier molecular flexibility index (Phi) is 14.0. The molecule has 0 spiro atoms. The number of primary amides is 1. The van der Waals surface area contributed by atoms with Crippen LogP contribution in [0.2, 0.25) is 10.0 Å². The molecule has 0 atom stereocenters. The number of amides is 2. The molecule has 57 heavy (non-hydrogen) atoms. The van der Waals surface area contributed by atoms with E-state index >= 15 is 0 Å². The number of carbonyl (C=O) groups is 3. The van der Waals surface area contributed by atoms with Crippen LogP contribution in [0.4, 0.5) is 5.82 Å². The van der Waals surface area contributed by atoms with Crippen LogP contribution in [0.15, 0.2) is 79.4 Å². The normalized spacial score (nSPS) is 10.6. The van der Waals surface area contributed by atoms with Gasteiger partial charge in [-0.1, -0.05) is 50.2 Å². The number of anilines is 1. The minimum Gasteiger partial charge on any atom is -0.476 e. The highest BCUT2D eigenvalue weighted by molar-refractivity contribution is 6.31. The highest BCUT2D eigenvalue weighted by Crippen LogP contribution is 2.21. The van der Waals surface area contributed by atoms with Crippen molar-refractivity contribution in [3.63, 3.8) is 0 Å². The lowest BCUT2D eigenvalue weighted by Gasteiger charge is -2.10. The molecule has 2 amide bonds. The van der Waals surface area contributed by atoms with E-state index in [1.165, 1.54) is 10.8 Å². The Morgan fingerprint density at radius 1 is 0.789 bits per heavy atom. The van der Waals surface area contributed by atoms with E-state index in [4.69, 9.17) is 45.5 Å². The molecule has 0 fully saturated rings. The first-order chi connectivity index (χ1) is 26.3. The number of imidazole rings is 2. The van der Waals surface area contributed by atoms with E-state index in [0.717, 1.165) is 49.8 Å². The molecule has 0 unspecified atom stereocenters. The summed E-state index contributed by atoms with van der Waals surface area (Å²) >= 11 is 12.0. The SMILES string of the molecule is C.C.Cc1cc(N)nc(C)c1CNC(=O)c1cn(Cc2ccc3ncc(Cl)cc3c2)c(CN)n1.NC(=O)c1nc(C(=O)O)cn1Cc1ccc2ncc(Cl)cc2c1. The number of carboxylic acid groups (broad SMARTS) is 1. The van der Waals surface area contributed by atoms with Crippen molar-refractivity contribution >= 4 is 68.6 Å². The molecular weight excluding hydrogens is 769 g/mol. The second kappa shape index (κ2) is 18.5. The molecule has 7 aromatic rings. The van der Waals surface area contributed by atoms with E-state index in [9.17, 15) is 14.4 Å². The second-order valence-electron chi connectivity index (χ2n) is 12.6. The number of halogens is 2. The maximum Gasteiger partial charge on any atom is 0.356 e. The molecular formula is C40H43Cl2N11O4. The summed E-state index contributed by atoms with van der Waals surface area (Å²) in [5.74, 6) is -1.30. The van der Waals surface area contributed by atoms with Crippen LogP contribution in [0, 0.1) is 13.8 Å². The highest BCUT2D eigenvalue weighted by Gasteiger charge is 2.18. The van der Waals surface area contributed by atoms with E-state index in [1.807, 2.05) is 60.9 Å². The molecule has 0 aliphatic rings. The van der Waals surface area contributed by atoms with Crippen molar-refractivity contribution in [3.8, 4) is 0 Å². The third-order valence-corrected chi connectivity index (χ3v) is 9.03. The second-order valence-corrected chi connectivity index (χ2v) is 13.5. The Balaban J connectivity index is 0.000000256. The van der Waals surface area contributed by atoms with Crippen LogP contribution in [0.5, 0.6) is 0 Å². The molecule has 8 N–H and O–H groups in total. The van der Waals surface area contributed by atoms with Gasteiger partial charge in [0.25, 0.3) is 11.8 Å². The molecule has 0 saturated heterocycles. The number of nitrogens with zero attached hydrogens (tertiary/aromatic N) is 7. The van der Waals surface area contributed by atoms with Crippen LogP contribution >= 0.6 is 23.2 Å². The maximum absolute atomic E-state index is 12.8. The molecule has 5 aromatic heterocycles. The van der Waals surface area contributed by atoms with Gasteiger partial charge in [-0.15, -0.1) is 0 Å². The minimum atomic E-state index is -1.22. The van der Waals surface area contributed by atoms with Gasteiger partial charge in [0, 0.05) is 60.9 Å². The van der Waals surface area contributed by atoms with Gasteiger partial charge in [-0.25, -0.2) is 19.7 Å². The van der Waals surface area contributed by atoms with Crippen LogP contribution in [0.25, 0.3) is 21.8 Å². The number of carboxylic acids is 1. The molecule has 0 radical (unpaired) electrons. The summed E-state index contributed by atoms with van der Waals surface area (Å²) in [6, 6.07) is 16.9. The van der Waals surface area contributed by atoms with Gasteiger partial charge in [-0.2, -0.15) is 0 Å². The zero-order valence-electron chi connectivity index (χ0n) is 29.6. The van der Waals surface area contributed by atoms with Crippen LogP contribution < -0.4 is 22.5 Å². The number of hydrogen-bond donors (Lipinski definition) is 5. The fraction of sp³-hybridized carbons (Fsp3) is 0.200. The Labute approximate surface area is 338 Å². The minimum absolute atomic E-state index is 0. The van der Waals surface area contributed by atoms with Gasteiger partial charge in [0.05, 0.1) is 27.6 Å². The van der Waals surface area contributed by atoms with E-state index < -0.39 is 11.9 Å². The zero-order valence-corrected chi connectivity index (χ0v) is 31.1. The summed E-state index contributed by atoms with van der Waals surface area (Å²) in [5, 5.41) is 14.8. The van der Waals surface area contributed by atoms with Gasteiger partial charge in [-0.3, -0.25) is 19.6 Å². The number of nitrogens with two attached hydrogens (primary N) is 3. The van der Waals surface area contributed by atoms with E-state index in [1.54, 1.807) is 30.7 Å². The summed E-state index contributed by atoms with van der Waals surface area (Å²) in [5.41, 5.74) is 23.2. The third-order valence-electron chi connectivity index (χ3n) is 8.62. The smallest absolute Gasteiger partial charge is 0.356 e. The number of fused-ring (bicyclic) bond motifs is 2. The number of carbonyl (C=O) groups excluding carboxylic acids is 2. The van der Waals surface area contributed by atoms with Crippen LogP contribution in [0.1, 0.15) is 80.2 Å². The average Bonchev–Trinajstić information content (AvgIpc) is 3.75. The lowest BCUT2D eigenvalue weighted by molar-refractivity contribution is 0.0690. The number of aromatic nitrogens is 7. The fourth-order valence-corrected chi connectivity index (χ4v) is 6.35. The Morgan fingerprint density at radius 2 is 1.35 bits per heavy atom. The number of nitrogen functional groups attached to an aromatic ring is 1. The molecule has 17 heteroatoms. The molecule has 296 valence electrons. The lowest BCUT2D eigenvalue weighted by atomic mass is 10.1. The third kappa shape index (κ3) is 10.3. The molecule has 15 nitrogen and oxygen atoms in total. The molecule has 5 heterocycles. The Morgan fingerprint density at radius 3 is 1.88 bits per heavy atom. The van der Waals surface area contributed by atoms with Crippen molar-refractivity contribution in [3.05, 3.63) is 140 Å². The van der Waals surface area contributed by atoms with E-state index in [2.05, 4.69) is 30.2 Å². The first-order valence-electron chi connectivity index (χ1n) is 16.7. The quantitative estimate of drug-likeness (QED) is 0.102. The van der Waals surface area contributed by atoms with Crippen LogP contribution in [-0.2, 0) is 26.2 Å². The van der Waals surface area contributed by atoms with Crippen molar-refractivity contribution in [2.45, 2.75) is 54.9 Å². The van der Waals surface area contributed by atoms with Crippen molar-refractivity contribution in [1.29, 1.82) is 0 Å². The molecule has 0 aliphatic heterocycles. The standard InChI is InChI=1S/C23H24ClN7O.C15H11ClN4O3.2CH4/c1-13-5-21(26)29-14(2)18(13)10-28-23(32)20-12-31(22(8-25)30-20)11-15-3-4-19-16(6-15)7-17(24)9-27-19;16-10-4-9-3-8(1-2-11(9)18-5-10)6-20-7-12(15(22)23)19-14(20)13(17)21;;/h3-7,9,12H,8,10-11,25H2,1-2H3,(H2,26,29)(H,28,32);1-5,7H,6H2,(H2,17,21)(H,22,23);2*1H4. The lowest BCUT2D eigenvalue weighted by Crippen LogP contribution is -2.24. The number of nitrogens with one attached hydrogen (secondary N) is 1. The van der Waals surface area contributed by atoms with Crippen molar-refractivity contribution < 1.29 is 19.5 Å². The molecule has 0 bridgehead atoms. The van der Waals surface area contributed by atoms with Gasteiger partial charge in [0.1, 0.15) is 17.3 Å².